The van der Waals surface area contributed by atoms with E-state index in [9.17, 15) is 5.11 Å². The van der Waals surface area contributed by atoms with Crippen molar-refractivity contribution >= 4 is 5.82 Å². The van der Waals surface area contributed by atoms with Gasteiger partial charge in [-0.2, -0.15) is 0 Å². The Morgan fingerprint density at radius 3 is 3.00 bits per heavy atom. The van der Waals surface area contributed by atoms with Crippen molar-refractivity contribution in [2.45, 2.75) is 45.4 Å². The summed E-state index contributed by atoms with van der Waals surface area (Å²) in [5.74, 6) is 1.03. The Morgan fingerprint density at radius 1 is 1.37 bits per heavy atom. The molecule has 2 fully saturated rings. The summed E-state index contributed by atoms with van der Waals surface area (Å²) < 4.78 is 0. The van der Waals surface area contributed by atoms with Crippen molar-refractivity contribution in [3.05, 3.63) is 23.4 Å². The molecule has 2 aliphatic rings. The molecule has 19 heavy (non-hydrogen) atoms. The van der Waals surface area contributed by atoms with Gasteiger partial charge in [0.25, 0.3) is 0 Å². The fourth-order valence-electron chi connectivity index (χ4n) is 3.47. The lowest BCUT2D eigenvalue weighted by Crippen LogP contribution is -2.55. The van der Waals surface area contributed by atoms with Gasteiger partial charge < -0.3 is 10.0 Å². The minimum Gasteiger partial charge on any atom is -0.392 e. The molecule has 0 radical (unpaired) electrons. The van der Waals surface area contributed by atoms with E-state index in [2.05, 4.69) is 21.7 Å². The van der Waals surface area contributed by atoms with Crippen LogP contribution in [0.25, 0.3) is 0 Å². The third kappa shape index (κ3) is 2.47. The van der Waals surface area contributed by atoms with E-state index in [0.717, 1.165) is 30.2 Å². The Hall–Kier alpha value is -1.13. The first kappa shape index (κ1) is 12.9. The lowest BCUT2D eigenvalue weighted by atomic mass is 10.1. The maximum atomic E-state index is 9.35. The van der Waals surface area contributed by atoms with Crippen molar-refractivity contribution in [3.8, 4) is 0 Å². The van der Waals surface area contributed by atoms with Gasteiger partial charge in [-0.25, -0.2) is 4.98 Å². The van der Waals surface area contributed by atoms with Crippen molar-refractivity contribution < 1.29 is 5.11 Å². The predicted molar refractivity (Wildman–Crippen MR) is 76.3 cm³/mol. The second-order valence-electron chi connectivity index (χ2n) is 5.93. The highest BCUT2D eigenvalue weighted by molar-refractivity contribution is 5.44. The molecule has 3 heterocycles. The van der Waals surface area contributed by atoms with Gasteiger partial charge in [0.15, 0.2) is 0 Å². The maximum absolute atomic E-state index is 9.35. The van der Waals surface area contributed by atoms with Crippen molar-refractivity contribution in [2.24, 2.45) is 0 Å². The van der Waals surface area contributed by atoms with Crippen molar-refractivity contribution in [3.63, 3.8) is 0 Å². The number of hydrogen-bond donors (Lipinski definition) is 1. The smallest absolute Gasteiger partial charge is 0.129 e. The molecule has 0 aromatic carbocycles. The molecule has 0 aliphatic carbocycles. The minimum absolute atomic E-state index is 0.0914. The average molecular weight is 261 g/mol. The van der Waals surface area contributed by atoms with Gasteiger partial charge in [-0.3, -0.25) is 4.90 Å². The molecule has 1 aromatic rings. The van der Waals surface area contributed by atoms with E-state index in [1.807, 2.05) is 19.1 Å². The molecular formula is C15H23N3O. The molecule has 2 atom stereocenters. The zero-order valence-electron chi connectivity index (χ0n) is 11.8. The lowest BCUT2D eigenvalue weighted by Gasteiger charge is -2.43. The van der Waals surface area contributed by atoms with Crippen molar-refractivity contribution in [2.75, 3.05) is 24.5 Å². The molecule has 2 saturated heterocycles. The van der Waals surface area contributed by atoms with Gasteiger partial charge in [-0.15, -0.1) is 0 Å². The van der Waals surface area contributed by atoms with Crippen LogP contribution in [0, 0.1) is 6.92 Å². The summed E-state index contributed by atoms with van der Waals surface area (Å²) in [6.45, 7) is 7.83. The molecule has 0 saturated carbocycles. The third-order valence-corrected chi connectivity index (χ3v) is 4.41. The fraction of sp³-hybridized carbons (Fsp3) is 0.667. The minimum atomic E-state index is 0.0914. The molecular weight excluding hydrogens is 238 g/mol. The van der Waals surface area contributed by atoms with Crippen LogP contribution in [0.3, 0.4) is 0 Å². The molecule has 0 bridgehead atoms. The van der Waals surface area contributed by atoms with Crippen LogP contribution in [0.15, 0.2) is 12.1 Å². The third-order valence-electron chi connectivity index (χ3n) is 4.41. The van der Waals surface area contributed by atoms with Crippen LogP contribution in [-0.2, 0) is 6.61 Å². The summed E-state index contributed by atoms with van der Waals surface area (Å²) in [5.41, 5.74) is 1.95. The first-order valence-corrected chi connectivity index (χ1v) is 7.26. The molecule has 1 aromatic heterocycles. The zero-order valence-corrected chi connectivity index (χ0v) is 11.8. The van der Waals surface area contributed by atoms with E-state index in [1.165, 1.54) is 19.4 Å². The van der Waals surface area contributed by atoms with Gasteiger partial charge in [-0.05, 0) is 50.9 Å². The van der Waals surface area contributed by atoms with Crippen LogP contribution in [0.5, 0.6) is 0 Å². The summed E-state index contributed by atoms with van der Waals surface area (Å²) in [5, 5.41) is 9.35. The van der Waals surface area contributed by atoms with Crippen LogP contribution in [-0.4, -0.2) is 46.7 Å². The van der Waals surface area contributed by atoms with Gasteiger partial charge in [0.2, 0.25) is 0 Å². The molecule has 0 amide bonds. The molecule has 104 valence electrons. The summed E-state index contributed by atoms with van der Waals surface area (Å²) in [6, 6.07) is 5.18. The normalized spacial score (nSPS) is 27.6. The van der Waals surface area contributed by atoms with Gasteiger partial charge in [0.05, 0.1) is 6.61 Å². The first-order chi connectivity index (χ1) is 9.17. The van der Waals surface area contributed by atoms with Crippen LogP contribution >= 0.6 is 0 Å². The molecule has 4 nitrogen and oxygen atoms in total. The number of piperazine rings is 1. The van der Waals surface area contributed by atoms with Crippen LogP contribution in [0.4, 0.5) is 5.82 Å². The SMILES string of the molecule is Cc1cc(CO)cc(N2CC3CCCN3CC2C)n1. The number of aliphatic hydroxyl groups is 1. The predicted octanol–water partition coefficient (Wildman–Crippen LogP) is 1.56. The number of rotatable bonds is 2. The standard InChI is InChI=1S/C15H23N3O/c1-11-6-13(10-19)7-15(16-11)18-9-14-4-3-5-17(14)8-12(18)2/h6-7,12,14,19H,3-5,8-10H2,1-2H3. The monoisotopic (exact) mass is 261 g/mol. The largest absolute Gasteiger partial charge is 0.392 e. The molecule has 0 spiro atoms. The summed E-state index contributed by atoms with van der Waals surface area (Å²) in [7, 11) is 0. The van der Waals surface area contributed by atoms with Crippen LogP contribution in [0.2, 0.25) is 0 Å². The highest BCUT2D eigenvalue weighted by Crippen LogP contribution is 2.28. The number of nitrogens with zero attached hydrogens (tertiary/aromatic N) is 3. The van der Waals surface area contributed by atoms with Crippen LogP contribution in [0.1, 0.15) is 31.0 Å². The topological polar surface area (TPSA) is 39.6 Å². The fourth-order valence-corrected chi connectivity index (χ4v) is 3.47. The quantitative estimate of drug-likeness (QED) is 0.877. The molecule has 1 N–H and O–H groups in total. The number of aryl methyl sites for hydroxylation is 1. The van der Waals surface area contributed by atoms with E-state index in [1.54, 1.807) is 0 Å². The second kappa shape index (κ2) is 5.10. The number of fused-ring (bicyclic) bond motifs is 1. The molecule has 2 aliphatic heterocycles. The number of aliphatic hydroxyl groups excluding tert-OH is 1. The number of pyridine rings is 1. The summed E-state index contributed by atoms with van der Waals surface area (Å²) >= 11 is 0. The van der Waals surface area contributed by atoms with E-state index in [-0.39, 0.29) is 6.61 Å². The van der Waals surface area contributed by atoms with E-state index >= 15 is 0 Å². The Bertz CT molecular complexity index is 463. The number of aromatic nitrogens is 1. The van der Waals surface area contributed by atoms with Crippen LogP contribution < -0.4 is 4.90 Å². The Labute approximate surface area is 115 Å². The molecule has 4 heteroatoms. The second-order valence-corrected chi connectivity index (χ2v) is 5.93. The first-order valence-electron chi connectivity index (χ1n) is 7.26. The van der Waals surface area contributed by atoms with E-state index in [0.29, 0.717) is 12.1 Å². The van der Waals surface area contributed by atoms with Gasteiger partial charge in [-0.1, -0.05) is 0 Å². The number of anilines is 1. The van der Waals surface area contributed by atoms with E-state index in [4.69, 9.17) is 0 Å². The Balaban J connectivity index is 1.86. The molecule has 3 rings (SSSR count). The summed E-state index contributed by atoms with van der Waals surface area (Å²) in [6.07, 6.45) is 2.64. The van der Waals surface area contributed by atoms with Gasteiger partial charge >= 0.3 is 0 Å². The van der Waals surface area contributed by atoms with Crippen molar-refractivity contribution in [1.29, 1.82) is 0 Å². The maximum Gasteiger partial charge on any atom is 0.129 e. The summed E-state index contributed by atoms with van der Waals surface area (Å²) in [4.78, 5) is 9.70. The van der Waals surface area contributed by atoms with E-state index < -0.39 is 0 Å². The van der Waals surface area contributed by atoms with Gasteiger partial charge in [0.1, 0.15) is 5.82 Å². The van der Waals surface area contributed by atoms with Crippen molar-refractivity contribution in [1.82, 2.24) is 9.88 Å². The lowest BCUT2D eigenvalue weighted by molar-refractivity contribution is 0.202. The Morgan fingerprint density at radius 2 is 2.21 bits per heavy atom. The van der Waals surface area contributed by atoms with Gasteiger partial charge in [0, 0.05) is 30.9 Å². The zero-order chi connectivity index (χ0) is 13.4. The highest BCUT2D eigenvalue weighted by Gasteiger charge is 2.34. The average Bonchev–Trinajstić information content (AvgIpc) is 2.84. The highest BCUT2D eigenvalue weighted by atomic mass is 16.3. The Kier molecular flexibility index (Phi) is 3.46. The number of hydrogen-bond acceptors (Lipinski definition) is 4. The molecule has 2 unspecified atom stereocenters.